The molecule has 2 aromatic rings. The molecule has 2 heterocycles. The maximum Gasteiger partial charge on any atom is 0.408 e. The van der Waals surface area contributed by atoms with Crippen LogP contribution in [0.25, 0.3) is 0 Å². The first-order chi connectivity index (χ1) is 19.6. The first kappa shape index (κ1) is 31.5. The Morgan fingerprint density at radius 2 is 1.76 bits per heavy atom. The number of hydrogen-bond acceptors (Lipinski definition) is 7. The summed E-state index contributed by atoms with van der Waals surface area (Å²) >= 11 is 0. The zero-order valence-corrected chi connectivity index (χ0v) is 25.8. The van der Waals surface area contributed by atoms with E-state index in [0.717, 1.165) is 29.7 Å². The van der Waals surface area contributed by atoms with E-state index in [1.807, 2.05) is 50.2 Å². The van der Waals surface area contributed by atoms with Gasteiger partial charge in [0.05, 0.1) is 13.2 Å². The molecule has 9 nitrogen and oxygen atoms in total. The van der Waals surface area contributed by atoms with Gasteiger partial charge in [-0.25, -0.2) is 4.79 Å². The van der Waals surface area contributed by atoms with Crippen LogP contribution >= 0.6 is 0 Å². The molecular weight excluding hydrogens is 536 g/mol. The minimum absolute atomic E-state index is 0.101. The number of ether oxygens (including phenoxy) is 4. The van der Waals surface area contributed by atoms with Gasteiger partial charge < -0.3 is 24.3 Å². The number of rotatable bonds is 10. The minimum atomic E-state index is -0.921. The zero-order valence-electron chi connectivity index (χ0n) is 25.8. The third-order valence-corrected chi connectivity index (χ3v) is 7.35. The van der Waals surface area contributed by atoms with Crippen LogP contribution in [-0.2, 0) is 32.0 Å². The van der Waals surface area contributed by atoms with Crippen molar-refractivity contribution in [3.05, 3.63) is 65.2 Å². The quantitative estimate of drug-likeness (QED) is 0.388. The van der Waals surface area contributed by atoms with Gasteiger partial charge >= 0.3 is 6.09 Å². The Morgan fingerprint density at radius 3 is 2.38 bits per heavy atom. The third-order valence-electron chi connectivity index (χ3n) is 7.35. The van der Waals surface area contributed by atoms with Gasteiger partial charge in [-0.2, -0.15) is 0 Å². The number of imide groups is 1. The average molecular weight is 581 g/mol. The molecule has 3 amide bonds. The highest BCUT2D eigenvalue weighted by Gasteiger charge is 2.39. The van der Waals surface area contributed by atoms with Crippen LogP contribution in [0.1, 0.15) is 82.8 Å². The summed E-state index contributed by atoms with van der Waals surface area (Å²) in [7, 11) is 0. The number of benzene rings is 2. The van der Waals surface area contributed by atoms with E-state index in [0.29, 0.717) is 25.2 Å². The van der Waals surface area contributed by atoms with Crippen molar-refractivity contribution in [2.45, 2.75) is 97.8 Å². The molecule has 0 aromatic heterocycles. The summed E-state index contributed by atoms with van der Waals surface area (Å²) in [6, 6.07) is 14.2. The molecule has 1 unspecified atom stereocenters. The van der Waals surface area contributed by atoms with Crippen molar-refractivity contribution in [2.75, 3.05) is 13.2 Å². The normalized spacial score (nSPS) is 18.9. The van der Waals surface area contributed by atoms with E-state index >= 15 is 0 Å². The van der Waals surface area contributed by atoms with Crippen LogP contribution in [0.2, 0.25) is 0 Å². The van der Waals surface area contributed by atoms with Crippen molar-refractivity contribution in [3.63, 3.8) is 0 Å². The predicted octanol–water partition coefficient (Wildman–Crippen LogP) is 5.64. The highest BCUT2D eigenvalue weighted by molar-refractivity contribution is 6.09. The molecule has 0 bridgehead atoms. The number of hydrogen-bond donors (Lipinski definition) is 1. The van der Waals surface area contributed by atoms with Crippen LogP contribution in [0.4, 0.5) is 4.79 Å². The standard InChI is InChI=1S/C33H44N2O7/c1-31(2,3)42-30(38)34-27(29(37)35-19-23-10-8-9-11-26(23)28(35)36)18-32(4,5)17-16-22-12-14-24(15-13-22)39-20-25-21-40-33(6,7)41-25/h8-15,25,27H,16-21H2,1-7H3,(H,34,38)/t25?,27-/m0/s1. The van der Waals surface area contributed by atoms with Crippen molar-refractivity contribution < 1.29 is 33.3 Å². The molecule has 1 N–H and O–H groups in total. The number of carbonyl (C=O) groups excluding carboxylic acids is 3. The molecule has 0 radical (unpaired) electrons. The Labute approximate surface area is 248 Å². The maximum absolute atomic E-state index is 13.7. The molecular formula is C33H44N2O7. The Balaban J connectivity index is 1.37. The second-order valence-corrected chi connectivity index (χ2v) is 13.4. The highest BCUT2D eigenvalue weighted by Crippen LogP contribution is 2.32. The monoisotopic (exact) mass is 580 g/mol. The van der Waals surface area contributed by atoms with Crippen molar-refractivity contribution in [2.24, 2.45) is 5.41 Å². The van der Waals surface area contributed by atoms with Crippen LogP contribution in [-0.4, -0.2) is 59.6 Å². The van der Waals surface area contributed by atoms with E-state index in [2.05, 4.69) is 19.2 Å². The fourth-order valence-electron chi connectivity index (χ4n) is 5.19. The summed E-state index contributed by atoms with van der Waals surface area (Å²) < 4.78 is 22.7. The second-order valence-electron chi connectivity index (χ2n) is 13.4. The predicted molar refractivity (Wildman–Crippen MR) is 158 cm³/mol. The SMILES string of the molecule is CC(C)(CCc1ccc(OCC2COC(C)(C)O2)cc1)C[C@H](NC(=O)OC(C)(C)C)C(=O)N1Cc2ccccc2C1=O. The molecule has 228 valence electrons. The van der Waals surface area contributed by atoms with Gasteiger partial charge in [-0.05, 0) is 88.6 Å². The molecule has 2 aliphatic rings. The van der Waals surface area contributed by atoms with Gasteiger partial charge in [-0.15, -0.1) is 0 Å². The van der Waals surface area contributed by atoms with Gasteiger partial charge in [0.2, 0.25) is 0 Å². The van der Waals surface area contributed by atoms with Crippen LogP contribution in [0.15, 0.2) is 48.5 Å². The molecule has 1 fully saturated rings. The van der Waals surface area contributed by atoms with E-state index in [-0.39, 0.29) is 24.0 Å². The van der Waals surface area contributed by atoms with Gasteiger partial charge in [0.25, 0.3) is 11.8 Å². The Hall–Kier alpha value is -3.43. The number of amides is 3. The second kappa shape index (κ2) is 12.4. The summed E-state index contributed by atoms with van der Waals surface area (Å²) in [5.74, 6) is -0.597. The molecule has 0 aliphatic carbocycles. The summed E-state index contributed by atoms with van der Waals surface area (Å²) in [5, 5.41) is 2.76. The van der Waals surface area contributed by atoms with Crippen molar-refractivity contribution >= 4 is 17.9 Å². The van der Waals surface area contributed by atoms with Crippen LogP contribution in [0.3, 0.4) is 0 Å². The average Bonchev–Trinajstić information content (AvgIpc) is 3.43. The zero-order chi connectivity index (χ0) is 30.7. The Kier molecular flexibility index (Phi) is 9.33. The number of nitrogens with zero attached hydrogens (tertiary/aromatic N) is 1. The topological polar surface area (TPSA) is 103 Å². The lowest BCUT2D eigenvalue weighted by Gasteiger charge is -2.32. The van der Waals surface area contributed by atoms with E-state index in [9.17, 15) is 14.4 Å². The van der Waals surface area contributed by atoms with E-state index in [1.165, 1.54) is 4.90 Å². The molecule has 2 aliphatic heterocycles. The summed E-state index contributed by atoms with van der Waals surface area (Å²) in [6.45, 7) is 14.3. The fourth-order valence-corrected chi connectivity index (χ4v) is 5.19. The lowest BCUT2D eigenvalue weighted by Crippen LogP contribution is -2.51. The minimum Gasteiger partial charge on any atom is -0.491 e. The third kappa shape index (κ3) is 8.55. The van der Waals surface area contributed by atoms with Crippen molar-refractivity contribution in [3.8, 4) is 5.75 Å². The van der Waals surface area contributed by atoms with E-state index < -0.39 is 29.4 Å². The largest absolute Gasteiger partial charge is 0.491 e. The number of aryl methyl sites for hydroxylation is 1. The molecule has 42 heavy (non-hydrogen) atoms. The van der Waals surface area contributed by atoms with Crippen LogP contribution < -0.4 is 10.1 Å². The molecule has 0 saturated carbocycles. The smallest absolute Gasteiger partial charge is 0.408 e. The lowest BCUT2D eigenvalue weighted by molar-refractivity contribution is -0.141. The number of carbonyl (C=O) groups is 3. The van der Waals surface area contributed by atoms with Crippen LogP contribution in [0, 0.1) is 5.41 Å². The molecule has 0 spiro atoms. The lowest BCUT2D eigenvalue weighted by atomic mass is 9.80. The molecule has 2 aromatic carbocycles. The summed E-state index contributed by atoms with van der Waals surface area (Å²) in [5.41, 5.74) is 1.38. The van der Waals surface area contributed by atoms with Gasteiger partial charge in [-0.3, -0.25) is 14.5 Å². The molecule has 9 heteroatoms. The van der Waals surface area contributed by atoms with Gasteiger partial charge in [0.15, 0.2) is 5.79 Å². The van der Waals surface area contributed by atoms with E-state index in [1.54, 1.807) is 32.9 Å². The molecule has 1 saturated heterocycles. The van der Waals surface area contributed by atoms with Gasteiger partial charge in [-0.1, -0.05) is 44.2 Å². The maximum atomic E-state index is 13.7. The van der Waals surface area contributed by atoms with Gasteiger partial charge in [0.1, 0.15) is 30.1 Å². The summed E-state index contributed by atoms with van der Waals surface area (Å²) in [6.07, 6.45) is 1.07. The number of fused-ring (bicyclic) bond motifs is 1. The molecule has 2 atom stereocenters. The first-order valence-corrected chi connectivity index (χ1v) is 14.6. The highest BCUT2D eigenvalue weighted by atomic mass is 16.7. The number of alkyl carbamates (subject to hydrolysis) is 1. The summed E-state index contributed by atoms with van der Waals surface area (Å²) in [4.78, 5) is 40.7. The number of nitrogens with one attached hydrogen (secondary N) is 1. The molecule has 4 rings (SSSR count). The Morgan fingerprint density at radius 1 is 1.07 bits per heavy atom. The van der Waals surface area contributed by atoms with Crippen molar-refractivity contribution in [1.29, 1.82) is 0 Å². The first-order valence-electron chi connectivity index (χ1n) is 14.6. The Bertz CT molecular complexity index is 1280. The van der Waals surface area contributed by atoms with Crippen molar-refractivity contribution in [1.82, 2.24) is 10.2 Å². The van der Waals surface area contributed by atoms with Gasteiger partial charge in [0, 0.05) is 5.56 Å². The van der Waals surface area contributed by atoms with E-state index in [4.69, 9.17) is 18.9 Å². The van der Waals surface area contributed by atoms with Crippen LogP contribution in [0.5, 0.6) is 5.75 Å². The fraction of sp³-hybridized carbons (Fsp3) is 0.545.